The van der Waals surface area contributed by atoms with Gasteiger partial charge in [-0.15, -0.1) is 0 Å². The summed E-state index contributed by atoms with van der Waals surface area (Å²) in [5, 5.41) is 8.94. The number of hydrogen-bond acceptors (Lipinski definition) is 3. The maximum absolute atomic E-state index is 10.6. The molecule has 0 heterocycles. The predicted molar refractivity (Wildman–Crippen MR) is 68.5 cm³/mol. The summed E-state index contributed by atoms with van der Waals surface area (Å²) in [5.74, 6) is 0. The van der Waals surface area contributed by atoms with Gasteiger partial charge in [0, 0.05) is 30.4 Å². The number of aliphatic hydroxyl groups excluding tert-OH is 1. The fourth-order valence-corrected chi connectivity index (χ4v) is 2.21. The third-order valence-corrected chi connectivity index (χ3v) is 3.43. The lowest BCUT2D eigenvalue weighted by atomic mass is 9.91. The number of carbonyl (C=O) groups is 1. The monoisotopic (exact) mass is 233 g/mol. The zero-order chi connectivity index (χ0) is 12.1. The lowest BCUT2D eigenvalue weighted by molar-refractivity contribution is 0.112. The van der Waals surface area contributed by atoms with Gasteiger partial charge in [-0.3, -0.25) is 4.79 Å². The van der Waals surface area contributed by atoms with Gasteiger partial charge in [-0.1, -0.05) is 0 Å². The van der Waals surface area contributed by atoms with Crippen LogP contribution in [0.5, 0.6) is 0 Å². The van der Waals surface area contributed by atoms with Crippen LogP contribution in [-0.4, -0.2) is 30.6 Å². The number of aldehydes is 1. The topological polar surface area (TPSA) is 40.5 Å². The maximum atomic E-state index is 10.6. The maximum Gasteiger partial charge on any atom is 0.150 e. The van der Waals surface area contributed by atoms with E-state index < -0.39 is 0 Å². The summed E-state index contributed by atoms with van der Waals surface area (Å²) in [6, 6.07) is 8.32. The quantitative estimate of drug-likeness (QED) is 0.766. The first-order chi connectivity index (χ1) is 8.35. The van der Waals surface area contributed by atoms with Gasteiger partial charge in [0.15, 0.2) is 0 Å². The van der Waals surface area contributed by atoms with Gasteiger partial charge in [0.2, 0.25) is 0 Å². The van der Waals surface area contributed by atoms with E-state index in [2.05, 4.69) is 4.90 Å². The molecule has 0 unspecified atom stereocenters. The minimum Gasteiger partial charge on any atom is -0.396 e. The highest BCUT2D eigenvalue weighted by Crippen LogP contribution is 2.29. The highest BCUT2D eigenvalue weighted by Gasteiger charge is 2.24. The summed E-state index contributed by atoms with van der Waals surface area (Å²) in [5.41, 5.74) is 1.87. The molecule has 1 fully saturated rings. The summed E-state index contributed by atoms with van der Waals surface area (Å²) in [6.45, 7) is 1.12. The predicted octanol–water partition coefficient (Wildman–Crippen LogP) is 2.24. The standard InChI is InChI=1S/C14H19NO2/c16-10-2-9-15(13-3-1-4-13)14-7-5-12(11-17)6-8-14/h5-8,11,13,16H,1-4,9-10H2. The van der Waals surface area contributed by atoms with E-state index in [4.69, 9.17) is 5.11 Å². The molecule has 0 saturated heterocycles. The van der Waals surface area contributed by atoms with Crippen LogP contribution in [0.4, 0.5) is 5.69 Å². The molecule has 17 heavy (non-hydrogen) atoms. The second kappa shape index (κ2) is 5.82. The molecule has 1 saturated carbocycles. The second-order valence-corrected chi connectivity index (χ2v) is 4.56. The minimum absolute atomic E-state index is 0.232. The van der Waals surface area contributed by atoms with Crippen LogP contribution in [0.2, 0.25) is 0 Å². The van der Waals surface area contributed by atoms with Crippen molar-refractivity contribution in [1.29, 1.82) is 0 Å². The minimum atomic E-state index is 0.232. The normalized spacial score (nSPS) is 15.4. The fourth-order valence-electron chi connectivity index (χ4n) is 2.21. The third-order valence-electron chi connectivity index (χ3n) is 3.43. The summed E-state index contributed by atoms with van der Waals surface area (Å²) in [6.07, 6.45) is 5.44. The van der Waals surface area contributed by atoms with E-state index in [1.165, 1.54) is 19.3 Å². The second-order valence-electron chi connectivity index (χ2n) is 4.56. The molecule has 1 aliphatic rings. The molecule has 1 aromatic carbocycles. The molecule has 2 rings (SSSR count). The molecule has 0 amide bonds. The van der Waals surface area contributed by atoms with Crippen LogP contribution in [0, 0.1) is 0 Å². The van der Waals surface area contributed by atoms with E-state index in [0.29, 0.717) is 11.6 Å². The number of carbonyl (C=O) groups excluding carboxylic acids is 1. The average molecular weight is 233 g/mol. The van der Waals surface area contributed by atoms with Gasteiger partial charge in [-0.05, 0) is 49.9 Å². The Kier molecular flexibility index (Phi) is 4.15. The Morgan fingerprint density at radius 2 is 2.00 bits per heavy atom. The molecule has 1 aromatic rings. The number of anilines is 1. The fraction of sp³-hybridized carbons (Fsp3) is 0.500. The first-order valence-corrected chi connectivity index (χ1v) is 6.28. The van der Waals surface area contributed by atoms with Crippen LogP contribution in [-0.2, 0) is 0 Å². The van der Waals surface area contributed by atoms with E-state index in [-0.39, 0.29) is 6.61 Å². The Hall–Kier alpha value is -1.35. The van der Waals surface area contributed by atoms with Crippen LogP contribution in [0.15, 0.2) is 24.3 Å². The Morgan fingerprint density at radius 1 is 1.29 bits per heavy atom. The van der Waals surface area contributed by atoms with Gasteiger partial charge in [0.1, 0.15) is 6.29 Å². The molecule has 0 aromatic heterocycles. The van der Waals surface area contributed by atoms with E-state index in [9.17, 15) is 4.79 Å². The smallest absolute Gasteiger partial charge is 0.150 e. The van der Waals surface area contributed by atoms with E-state index >= 15 is 0 Å². The number of hydrogen-bond donors (Lipinski definition) is 1. The lowest BCUT2D eigenvalue weighted by Crippen LogP contribution is -2.41. The van der Waals surface area contributed by atoms with Crippen LogP contribution in [0.25, 0.3) is 0 Å². The number of benzene rings is 1. The average Bonchev–Trinajstić information content (AvgIpc) is 2.32. The molecule has 0 atom stereocenters. The molecule has 0 aliphatic heterocycles. The Balaban J connectivity index is 2.09. The van der Waals surface area contributed by atoms with Gasteiger partial charge in [0.25, 0.3) is 0 Å². The van der Waals surface area contributed by atoms with Gasteiger partial charge in [-0.25, -0.2) is 0 Å². The van der Waals surface area contributed by atoms with Gasteiger partial charge in [-0.2, -0.15) is 0 Å². The molecule has 3 nitrogen and oxygen atoms in total. The van der Waals surface area contributed by atoms with E-state index in [1.807, 2.05) is 24.3 Å². The SMILES string of the molecule is O=Cc1ccc(N(CCCO)C2CCC2)cc1. The molecular formula is C14H19NO2. The number of nitrogens with zero attached hydrogens (tertiary/aromatic N) is 1. The van der Waals surface area contributed by atoms with Gasteiger partial charge >= 0.3 is 0 Å². The molecule has 1 aliphatic carbocycles. The first-order valence-electron chi connectivity index (χ1n) is 6.28. The molecule has 3 heteroatoms. The van der Waals surface area contributed by atoms with Crippen molar-refractivity contribution in [2.45, 2.75) is 31.7 Å². The van der Waals surface area contributed by atoms with Crippen LogP contribution in [0.3, 0.4) is 0 Å². The molecule has 1 N–H and O–H groups in total. The largest absolute Gasteiger partial charge is 0.396 e. The third kappa shape index (κ3) is 2.86. The molecule has 0 bridgehead atoms. The Morgan fingerprint density at radius 3 is 2.47 bits per heavy atom. The van der Waals surface area contributed by atoms with Crippen molar-refractivity contribution < 1.29 is 9.90 Å². The van der Waals surface area contributed by atoms with Crippen molar-refractivity contribution in [3.63, 3.8) is 0 Å². The Labute approximate surface area is 102 Å². The summed E-state index contributed by atoms with van der Waals surface area (Å²) < 4.78 is 0. The van der Waals surface area contributed by atoms with Crippen LogP contribution in [0.1, 0.15) is 36.0 Å². The van der Waals surface area contributed by atoms with E-state index in [1.54, 1.807) is 0 Å². The van der Waals surface area contributed by atoms with Crippen molar-refractivity contribution in [2.75, 3.05) is 18.1 Å². The molecular weight excluding hydrogens is 214 g/mol. The summed E-state index contributed by atoms with van der Waals surface area (Å²) >= 11 is 0. The molecule has 92 valence electrons. The van der Waals surface area contributed by atoms with Crippen molar-refractivity contribution in [3.8, 4) is 0 Å². The van der Waals surface area contributed by atoms with Crippen LogP contribution >= 0.6 is 0 Å². The van der Waals surface area contributed by atoms with Crippen molar-refractivity contribution in [2.24, 2.45) is 0 Å². The number of aliphatic hydroxyl groups is 1. The zero-order valence-corrected chi connectivity index (χ0v) is 10.0. The zero-order valence-electron chi connectivity index (χ0n) is 10.0. The Bertz CT molecular complexity index is 357. The van der Waals surface area contributed by atoms with Crippen molar-refractivity contribution in [1.82, 2.24) is 0 Å². The van der Waals surface area contributed by atoms with Crippen molar-refractivity contribution in [3.05, 3.63) is 29.8 Å². The molecule has 0 spiro atoms. The lowest BCUT2D eigenvalue weighted by Gasteiger charge is -2.39. The van der Waals surface area contributed by atoms with Gasteiger partial charge in [0.05, 0.1) is 0 Å². The van der Waals surface area contributed by atoms with Crippen molar-refractivity contribution >= 4 is 12.0 Å². The van der Waals surface area contributed by atoms with Crippen LogP contribution < -0.4 is 4.90 Å². The first kappa shape index (κ1) is 12.1. The number of rotatable bonds is 6. The summed E-state index contributed by atoms with van der Waals surface area (Å²) in [4.78, 5) is 13.0. The highest BCUT2D eigenvalue weighted by atomic mass is 16.3. The highest BCUT2D eigenvalue weighted by molar-refractivity contribution is 5.75. The summed E-state index contributed by atoms with van der Waals surface area (Å²) in [7, 11) is 0. The molecule has 0 radical (unpaired) electrons. The van der Waals surface area contributed by atoms with Gasteiger partial charge < -0.3 is 10.0 Å². The van der Waals surface area contributed by atoms with E-state index in [0.717, 1.165) is 24.9 Å².